The first-order valence-corrected chi connectivity index (χ1v) is 18.3. The average molecular weight is 669 g/mol. The highest BCUT2D eigenvalue weighted by Gasteiger charge is 2.47. The summed E-state index contributed by atoms with van der Waals surface area (Å²) in [5.74, 6) is 0.899. The van der Waals surface area contributed by atoms with Crippen LogP contribution in [0.4, 0.5) is 0 Å². The van der Waals surface area contributed by atoms with Crippen LogP contribution < -0.4 is 5.32 Å². The molecule has 250 valence electrons. The molecule has 0 atom stereocenters. The van der Waals surface area contributed by atoms with Gasteiger partial charge in [-0.3, -0.25) is 0 Å². The van der Waals surface area contributed by atoms with E-state index in [-0.39, 0.29) is 0 Å². The van der Waals surface area contributed by atoms with E-state index < -0.39 is 5.41 Å². The highest BCUT2D eigenvalue weighted by atomic mass is 15.0. The summed E-state index contributed by atoms with van der Waals surface area (Å²) in [7, 11) is 0. The van der Waals surface area contributed by atoms with Crippen molar-refractivity contribution in [1.29, 1.82) is 0 Å². The van der Waals surface area contributed by atoms with E-state index in [0.717, 1.165) is 35.6 Å². The Morgan fingerprint density at radius 3 is 1.60 bits per heavy atom. The minimum Gasteiger partial charge on any atom is -0.369 e. The fourth-order valence-corrected chi connectivity index (χ4v) is 8.66. The second-order valence-electron chi connectivity index (χ2n) is 13.9. The molecular formula is C50H40N2. The third-order valence-corrected chi connectivity index (χ3v) is 11.1. The molecule has 1 aliphatic carbocycles. The molecule has 0 spiro atoms. The van der Waals surface area contributed by atoms with Gasteiger partial charge < -0.3 is 5.32 Å². The topological polar surface area (TPSA) is 24.4 Å². The zero-order valence-corrected chi connectivity index (χ0v) is 29.6. The first-order chi connectivity index (χ1) is 25.6. The molecule has 0 fully saturated rings. The predicted octanol–water partition coefficient (Wildman–Crippen LogP) is 11.6. The Bertz CT molecular complexity index is 2440. The highest BCUT2D eigenvalue weighted by molar-refractivity contribution is 6.06. The van der Waals surface area contributed by atoms with Crippen LogP contribution >= 0.6 is 0 Å². The summed E-state index contributed by atoms with van der Waals surface area (Å²) in [6, 6.07) is 64.0. The third kappa shape index (κ3) is 5.14. The fourth-order valence-electron chi connectivity index (χ4n) is 8.66. The highest BCUT2D eigenvalue weighted by Crippen LogP contribution is 2.57. The van der Waals surface area contributed by atoms with Crippen LogP contribution in [0.2, 0.25) is 0 Å². The smallest absolute Gasteiger partial charge is 0.133 e. The van der Waals surface area contributed by atoms with Crippen LogP contribution in [-0.4, -0.2) is 12.4 Å². The van der Waals surface area contributed by atoms with Crippen LogP contribution in [0.15, 0.2) is 181 Å². The lowest BCUT2D eigenvalue weighted by molar-refractivity contribution is 0.753. The van der Waals surface area contributed by atoms with E-state index >= 15 is 0 Å². The van der Waals surface area contributed by atoms with E-state index in [2.05, 4.69) is 195 Å². The Balaban J connectivity index is 1.29. The first kappa shape index (κ1) is 31.7. The number of fused-ring (bicyclic) bond motifs is 3. The van der Waals surface area contributed by atoms with E-state index in [4.69, 9.17) is 4.99 Å². The van der Waals surface area contributed by atoms with Crippen molar-refractivity contribution in [3.05, 3.63) is 226 Å². The fraction of sp³-hybridized carbons (Fsp3) is 0.100. The summed E-state index contributed by atoms with van der Waals surface area (Å²) in [4.78, 5) is 5.59. The molecule has 1 aliphatic heterocycles. The van der Waals surface area contributed by atoms with E-state index in [9.17, 15) is 0 Å². The van der Waals surface area contributed by atoms with Crippen molar-refractivity contribution in [2.24, 2.45) is 4.99 Å². The molecule has 0 aromatic heterocycles. The lowest BCUT2D eigenvalue weighted by atomic mass is 9.65. The lowest BCUT2D eigenvalue weighted by Crippen LogP contribution is -2.30. The summed E-state index contributed by atoms with van der Waals surface area (Å²) in [5.41, 5.74) is 18.0. The van der Waals surface area contributed by atoms with Gasteiger partial charge in [-0.2, -0.15) is 0 Å². The van der Waals surface area contributed by atoms with Gasteiger partial charge in [0.25, 0.3) is 0 Å². The molecule has 2 nitrogen and oxygen atoms in total. The standard InChI is InChI=1S/C50H40N2/c1-34-16-9-12-24-44(34)50(46-25-13-10-21-42(46)43-22-11-14-26-47(43)50)45-27-15-23-40(35(45)2)48-41(38-19-7-4-8-20-38)32-33-51-49(52-48)39-30-28-37(29-31-39)36-17-5-3-6-18-36/h3-31H,32-33H2,1-2H3,(H,51,52). The third-order valence-electron chi connectivity index (χ3n) is 11.1. The maximum Gasteiger partial charge on any atom is 0.133 e. The number of nitrogens with one attached hydrogen (secondary N) is 1. The second kappa shape index (κ2) is 13.1. The molecule has 0 saturated carbocycles. The van der Waals surface area contributed by atoms with E-state index in [1.54, 1.807) is 0 Å². The molecule has 0 radical (unpaired) electrons. The van der Waals surface area contributed by atoms with Crippen molar-refractivity contribution in [2.75, 3.05) is 6.54 Å². The molecule has 52 heavy (non-hydrogen) atoms. The van der Waals surface area contributed by atoms with Crippen LogP contribution in [0.5, 0.6) is 0 Å². The van der Waals surface area contributed by atoms with Crippen molar-refractivity contribution in [3.63, 3.8) is 0 Å². The molecule has 2 aliphatic rings. The van der Waals surface area contributed by atoms with Crippen molar-refractivity contribution in [2.45, 2.75) is 25.7 Å². The number of aliphatic imine (C=N–C) groups is 1. The van der Waals surface area contributed by atoms with Gasteiger partial charge in [0.15, 0.2) is 0 Å². The first-order valence-electron chi connectivity index (χ1n) is 18.3. The monoisotopic (exact) mass is 668 g/mol. The van der Waals surface area contributed by atoms with E-state index in [1.807, 2.05) is 0 Å². The molecule has 7 aromatic carbocycles. The van der Waals surface area contributed by atoms with Gasteiger partial charge in [0.1, 0.15) is 5.84 Å². The molecule has 0 unspecified atom stereocenters. The van der Waals surface area contributed by atoms with Gasteiger partial charge in [-0.05, 0) is 87.0 Å². The van der Waals surface area contributed by atoms with Gasteiger partial charge in [-0.15, -0.1) is 0 Å². The zero-order chi connectivity index (χ0) is 35.1. The Morgan fingerprint density at radius 2 is 0.942 bits per heavy atom. The Hall–Kier alpha value is -6.25. The predicted molar refractivity (Wildman–Crippen MR) is 218 cm³/mol. The molecule has 1 heterocycles. The SMILES string of the molecule is Cc1ccccc1C1(c2cccc(C3=C(c4ccccc4)CCNC(c4ccc(-c5ccccc5)cc4)=N3)c2C)c2ccccc2-c2ccccc21. The number of amidine groups is 1. The zero-order valence-electron chi connectivity index (χ0n) is 29.6. The van der Waals surface area contributed by atoms with Gasteiger partial charge in [0.05, 0.1) is 11.1 Å². The van der Waals surface area contributed by atoms with Crippen molar-refractivity contribution >= 4 is 17.1 Å². The molecule has 1 N–H and O–H groups in total. The minimum absolute atomic E-state index is 0.491. The number of hydrogen-bond donors (Lipinski definition) is 1. The molecular weight excluding hydrogens is 629 g/mol. The van der Waals surface area contributed by atoms with Crippen LogP contribution in [0.3, 0.4) is 0 Å². The molecule has 9 rings (SSSR count). The molecule has 0 amide bonds. The van der Waals surface area contributed by atoms with Crippen molar-refractivity contribution < 1.29 is 0 Å². The van der Waals surface area contributed by atoms with E-state index in [1.165, 1.54) is 66.8 Å². The molecule has 2 heteroatoms. The van der Waals surface area contributed by atoms with Crippen LogP contribution in [0, 0.1) is 13.8 Å². The van der Waals surface area contributed by atoms with Gasteiger partial charge in [-0.25, -0.2) is 4.99 Å². The second-order valence-corrected chi connectivity index (χ2v) is 13.9. The molecule has 7 aromatic rings. The molecule has 0 bridgehead atoms. The van der Waals surface area contributed by atoms with Crippen LogP contribution in [0.25, 0.3) is 33.5 Å². The number of hydrogen-bond acceptors (Lipinski definition) is 2. The number of aryl methyl sites for hydroxylation is 1. The van der Waals surface area contributed by atoms with Gasteiger partial charge in [-0.1, -0.05) is 176 Å². The van der Waals surface area contributed by atoms with Crippen molar-refractivity contribution in [3.8, 4) is 22.3 Å². The summed E-state index contributed by atoms with van der Waals surface area (Å²) < 4.78 is 0. The normalized spacial score (nSPS) is 14.5. The lowest BCUT2D eigenvalue weighted by Gasteiger charge is -2.37. The largest absolute Gasteiger partial charge is 0.369 e. The summed E-state index contributed by atoms with van der Waals surface area (Å²) in [5, 5.41) is 3.72. The Kier molecular flexibility index (Phi) is 8.01. The van der Waals surface area contributed by atoms with Crippen molar-refractivity contribution in [1.82, 2.24) is 5.32 Å². The summed E-state index contributed by atoms with van der Waals surface area (Å²) in [6.45, 7) is 5.36. The maximum absolute atomic E-state index is 5.59. The van der Waals surface area contributed by atoms with Gasteiger partial charge >= 0.3 is 0 Å². The van der Waals surface area contributed by atoms with Gasteiger partial charge in [0, 0.05) is 17.7 Å². The average Bonchev–Trinajstić information content (AvgIpc) is 3.32. The quantitative estimate of drug-likeness (QED) is 0.187. The van der Waals surface area contributed by atoms with Crippen LogP contribution in [-0.2, 0) is 5.41 Å². The molecule has 0 saturated heterocycles. The maximum atomic E-state index is 5.59. The van der Waals surface area contributed by atoms with Gasteiger partial charge in [0.2, 0.25) is 0 Å². The van der Waals surface area contributed by atoms with E-state index in [0.29, 0.717) is 0 Å². The Labute approximate surface area is 306 Å². The number of nitrogens with zero attached hydrogens (tertiary/aromatic N) is 1. The minimum atomic E-state index is -0.491. The number of rotatable bonds is 6. The number of benzene rings is 7. The Morgan fingerprint density at radius 1 is 0.442 bits per heavy atom. The summed E-state index contributed by atoms with van der Waals surface area (Å²) >= 11 is 0. The summed E-state index contributed by atoms with van der Waals surface area (Å²) in [6.07, 6.45) is 0.854. The van der Waals surface area contributed by atoms with Crippen LogP contribution in [0.1, 0.15) is 56.5 Å².